The summed E-state index contributed by atoms with van der Waals surface area (Å²) >= 11 is 0. The molecule has 0 fully saturated rings. The Morgan fingerprint density at radius 2 is 1.62 bits per heavy atom. The minimum atomic E-state index is -4.50. The third-order valence-corrected chi connectivity index (χ3v) is 3.76. The van der Waals surface area contributed by atoms with E-state index in [1.807, 2.05) is 19.1 Å². The average Bonchev–Trinajstić information content (AvgIpc) is 3.01. The first kappa shape index (κ1) is 16.3. The van der Waals surface area contributed by atoms with Crippen LogP contribution in [0.15, 0.2) is 54.6 Å². The van der Waals surface area contributed by atoms with E-state index in [1.165, 1.54) is 4.68 Å². The summed E-state index contributed by atoms with van der Waals surface area (Å²) in [4.78, 5) is 0. The number of nitrogens with zero attached hydrogens (tertiary/aromatic N) is 2. The Balaban J connectivity index is 2.15. The van der Waals surface area contributed by atoms with Crippen LogP contribution in [0.5, 0.6) is 0 Å². The molecular formula is C18H16F3N3. The SMILES string of the molecule is Cc1ccc(-n2nc(C(F)(F)F)cc2-c2ccc(CN)cc2)cc1. The molecule has 0 aliphatic rings. The minimum Gasteiger partial charge on any atom is -0.326 e. The fourth-order valence-electron chi connectivity index (χ4n) is 2.42. The number of rotatable bonds is 3. The van der Waals surface area contributed by atoms with Gasteiger partial charge >= 0.3 is 6.18 Å². The number of aromatic nitrogens is 2. The molecule has 0 amide bonds. The third kappa shape index (κ3) is 3.19. The highest BCUT2D eigenvalue weighted by atomic mass is 19.4. The summed E-state index contributed by atoms with van der Waals surface area (Å²) in [5, 5.41) is 3.77. The molecule has 6 heteroatoms. The Bertz CT molecular complexity index is 831. The fraction of sp³-hybridized carbons (Fsp3) is 0.167. The van der Waals surface area contributed by atoms with Crippen molar-refractivity contribution in [2.24, 2.45) is 5.73 Å². The first-order valence-electron chi connectivity index (χ1n) is 7.42. The van der Waals surface area contributed by atoms with Gasteiger partial charge in [0.2, 0.25) is 0 Å². The average molecular weight is 331 g/mol. The standard InChI is InChI=1S/C18H16F3N3/c1-12-2-8-15(9-3-12)24-16(10-17(23-24)18(19,20)21)14-6-4-13(11-22)5-7-14/h2-10H,11,22H2,1H3. The normalized spacial score (nSPS) is 11.7. The highest BCUT2D eigenvalue weighted by Gasteiger charge is 2.35. The van der Waals surface area contributed by atoms with Crippen LogP contribution in [0, 0.1) is 6.92 Å². The zero-order valence-electron chi connectivity index (χ0n) is 13.0. The molecule has 24 heavy (non-hydrogen) atoms. The Labute approximate surface area is 137 Å². The summed E-state index contributed by atoms with van der Waals surface area (Å²) in [7, 11) is 0. The van der Waals surface area contributed by atoms with E-state index in [0.29, 0.717) is 23.5 Å². The van der Waals surface area contributed by atoms with Crippen molar-refractivity contribution in [2.75, 3.05) is 0 Å². The van der Waals surface area contributed by atoms with E-state index in [2.05, 4.69) is 5.10 Å². The van der Waals surface area contributed by atoms with Crippen LogP contribution in [0.4, 0.5) is 13.2 Å². The summed E-state index contributed by atoms with van der Waals surface area (Å²) in [6.07, 6.45) is -4.50. The molecule has 0 aliphatic carbocycles. The van der Waals surface area contributed by atoms with Gasteiger partial charge in [0.1, 0.15) is 0 Å². The largest absolute Gasteiger partial charge is 0.435 e. The Morgan fingerprint density at radius 3 is 2.17 bits per heavy atom. The monoisotopic (exact) mass is 331 g/mol. The van der Waals surface area contributed by atoms with Crippen LogP contribution in [0.3, 0.4) is 0 Å². The lowest BCUT2D eigenvalue weighted by Crippen LogP contribution is -2.07. The number of alkyl halides is 3. The van der Waals surface area contributed by atoms with Crippen LogP contribution >= 0.6 is 0 Å². The van der Waals surface area contributed by atoms with Crippen molar-refractivity contribution in [1.29, 1.82) is 0 Å². The molecule has 3 aromatic rings. The second-order valence-electron chi connectivity index (χ2n) is 5.56. The molecule has 0 saturated heterocycles. The molecule has 1 aromatic heterocycles. The molecule has 2 N–H and O–H groups in total. The molecule has 0 spiro atoms. The highest BCUT2D eigenvalue weighted by molar-refractivity contribution is 5.63. The second-order valence-corrected chi connectivity index (χ2v) is 5.56. The molecule has 0 saturated carbocycles. The maximum Gasteiger partial charge on any atom is 0.435 e. The van der Waals surface area contributed by atoms with E-state index in [0.717, 1.165) is 17.2 Å². The first-order chi connectivity index (χ1) is 11.4. The van der Waals surface area contributed by atoms with Crippen LogP contribution in [-0.4, -0.2) is 9.78 Å². The number of nitrogens with two attached hydrogens (primary N) is 1. The highest BCUT2D eigenvalue weighted by Crippen LogP contribution is 2.33. The lowest BCUT2D eigenvalue weighted by atomic mass is 10.1. The Kier molecular flexibility index (Phi) is 4.15. The summed E-state index contributed by atoms with van der Waals surface area (Å²) < 4.78 is 40.6. The number of aryl methyl sites for hydroxylation is 1. The van der Waals surface area contributed by atoms with Crippen LogP contribution in [0.25, 0.3) is 16.9 Å². The van der Waals surface area contributed by atoms with Gasteiger partial charge in [-0.1, -0.05) is 42.0 Å². The van der Waals surface area contributed by atoms with Crippen molar-refractivity contribution in [3.63, 3.8) is 0 Å². The minimum absolute atomic E-state index is 0.380. The van der Waals surface area contributed by atoms with E-state index in [1.54, 1.807) is 36.4 Å². The molecule has 2 aromatic carbocycles. The molecule has 0 unspecified atom stereocenters. The maximum absolute atomic E-state index is 13.1. The van der Waals surface area contributed by atoms with Crippen LogP contribution in [0.1, 0.15) is 16.8 Å². The third-order valence-electron chi connectivity index (χ3n) is 3.76. The lowest BCUT2D eigenvalue weighted by Gasteiger charge is -2.08. The smallest absolute Gasteiger partial charge is 0.326 e. The molecule has 0 atom stereocenters. The van der Waals surface area contributed by atoms with Crippen molar-refractivity contribution in [3.05, 3.63) is 71.4 Å². The molecule has 124 valence electrons. The van der Waals surface area contributed by atoms with Gasteiger partial charge in [0.15, 0.2) is 5.69 Å². The zero-order valence-corrected chi connectivity index (χ0v) is 13.0. The summed E-state index contributed by atoms with van der Waals surface area (Å²) in [6, 6.07) is 15.4. The quantitative estimate of drug-likeness (QED) is 0.776. The Morgan fingerprint density at radius 1 is 1.00 bits per heavy atom. The van der Waals surface area contributed by atoms with E-state index in [4.69, 9.17) is 5.73 Å². The summed E-state index contributed by atoms with van der Waals surface area (Å²) in [6.45, 7) is 2.30. The lowest BCUT2D eigenvalue weighted by molar-refractivity contribution is -0.141. The van der Waals surface area contributed by atoms with E-state index >= 15 is 0 Å². The molecule has 0 aliphatic heterocycles. The topological polar surface area (TPSA) is 43.8 Å². The molecule has 3 rings (SSSR count). The van der Waals surface area contributed by atoms with Gasteiger partial charge < -0.3 is 5.73 Å². The van der Waals surface area contributed by atoms with Crippen LogP contribution in [-0.2, 0) is 12.7 Å². The second kappa shape index (κ2) is 6.13. The maximum atomic E-state index is 13.1. The first-order valence-corrected chi connectivity index (χ1v) is 7.42. The van der Waals surface area contributed by atoms with Gasteiger partial charge in [0.05, 0.1) is 11.4 Å². The Hall–Kier alpha value is -2.60. The zero-order chi connectivity index (χ0) is 17.3. The number of hydrogen-bond acceptors (Lipinski definition) is 2. The number of hydrogen-bond donors (Lipinski definition) is 1. The van der Waals surface area contributed by atoms with Crippen molar-refractivity contribution in [2.45, 2.75) is 19.6 Å². The van der Waals surface area contributed by atoms with E-state index in [9.17, 15) is 13.2 Å². The van der Waals surface area contributed by atoms with Crippen molar-refractivity contribution < 1.29 is 13.2 Å². The molecule has 0 bridgehead atoms. The van der Waals surface area contributed by atoms with Gasteiger partial charge in [-0.05, 0) is 30.7 Å². The number of benzene rings is 2. The number of halogens is 3. The van der Waals surface area contributed by atoms with Gasteiger partial charge in [-0.25, -0.2) is 4.68 Å². The van der Waals surface area contributed by atoms with Crippen molar-refractivity contribution in [1.82, 2.24) is 9.78 Å². The molecule has 1 heterocycles. The van der Waals surface area contributed by atoms with Gasteiger partial charge in [-0.3, -0.25) is 0 Å². The van der Waals surface area contributed by atoms with Gasteiger partial charge in [-0.15, -0.1) is 0 Å². The van der Waals surface area contributed by atoms with Crippen LogP contribution in [0.2, 0.25) is 0 Å². The molecular weight excluding hydrogens is 315 g/mol. The fourth-order valence-corrected chi connectivity index (χ4v) is 2.42. The van der Waals surface area contributed by atoms with Crippen molar-refractivity contribution in [3.8, 4) is 16.9 Å². The summed E-state index contributed by atoms with van der Waals surface area (Å²) in [5.74, 6) is 0. The van der Waals surface area contributed by atoms with Crippen LogP contribution < -0.4 is 5.73 Å². The summed E-state index contributed by atoms with van der Waals surface area (Å²) in [5.41, 5.74) is 8.20. The van der Waals surface area contributed by atoms with Crippen molar-refractivity contribution >= 4 is 0 Å². The van der Waals surface area contributed by atoms with E-state index < -0.39 is 11.9 Å². The molecule has 0 radical (unpaired) electrons. The van der Waals surface area contributed by atoms with E-state index in [-0.39, 0.29) is 0 Å². The van der Waals surface area contributed by atoms with Gasteiger partial charge in [0.25, 0.3) is 0 Å². The van der Waals surface area contributed by atoms with Gasteiger partial charge in [0, 0.05) is 12.1 Å². The predicted octanol–water partition coefficient (Wildman–Crippen LogP) is 4.33. The molecule has 3 nitrogen and oxygen atoms in total. The van der Waals surface area contributed by atoms with Gasteiger partial charge in [-0.2, -0.15) is 18.3 Å². The predicted molar refractivity (Wildman–Crippen MR) is 86.6 cm³/mol.